The second-order valence-electron chi connectivity index (χ2n) is 8.12. The van der Waals surface area contributed by atoms with Crippen molar-refractivity contribution in [1.29, 1.82) is 0 Å². The Kier molecular flexibility index (Phi) is 11.8. The van der Waals surface area contributed by atoms with E-state index in [0.29, 0.717) is 22.7 Å². The van der Waals surface area contributed by atoms with Crippen molar-refractivity contribution in [3.05, 3.63) is 65.0 Å². The van der Waals surface area contributed by atoms with Crippen molar-refractivity contribution in [3.63, 3.8) is 0 Å². The largest absolute Gasteiger partial charge is 0.506 e. The predicted molar refractivity (Wildman–Crippen MR) is 131 cm³/mol. The molecule has 1 aliphatic carbocycles. The third kappa shape index (κ3) is 9.87. The van der Waals surface area contributed by atoms with Gasteiger partial charge in [0.15, 0.2) is 5.76 Å². The summed E-state index contributed by atoms with van der Waals surface area (Å²) in [5.74, 6) is 0.505. The van der Waals surface area contributed by atoms with E-state index in [2.05, 4.69) is 15.5 Å². The molecule has 0 bridgehead atoms. The highest BCUT2D eigenvalue weighted by atomic mass is 16.5. The Bertz CT molecular complexity index is 1030. The first kappa shape index (κ1) is 27.4. The molecule has 3 aromatic rings. The molecule has 0 atom stereocenters. The van der Waals surface area contributed by atoms with E-state index < -0.39 is 6.09 Å². The van der Waals surface area contributed by atoms with Gasteiger partial charge in [-0.2, -0.15) is 0 Å². The van der Waals surface area contributed by atoms with Crippen molar-refractivity contribution in [1.82, 2.24) is 15.5 Å². The van der Waals surface area contributed by atoms with Crippen LogP contribution in [0.25, 0.3) is 11.5 Å². The lowest BCUT2D eigenvalue weighted by Crippen LogP contribution is -2.24. The van der Waals surface area contributed by atoms with E-state index in [-0.39, 0.29) is 25.4 Å². The summed E-state index contributed by atoms with van der Waals surface area (Å²) >= 11 is 0. The standard InChI is InChI=1S/C19H19N3O4.C6H12.CH2O2/c1-12-4-3-5-14(8-12)11-25-19(24)21-10-16-13(2)22-26-18(16)17-7-6-15(23)9-20-17;1-2-4-6-5-3-1;2-1-3/h3-9,23H,10-11H2,1-2H3,(H,21,24);1-6H2;1H,(H,2,3). The van der Waals surface area contributed by atoms with Crippen molar-refractivity contribution in [3.8, 4) is 17.2 Å². The van der Waals surface area contributed by atoms with E-state index in [9.17, 15) is 9.90 Å². The Labute approximate surface area is 205 Å². The number of ether oxygens (including phenoxy) is 1. The summed E-state index contributed by atoms with van der Waals surface area (Å²) in [4.78, 5) is 24.4. The Morgan fingerprint density at radius 1 is 1.11 bits per heavy atom. The first-order chi connectivity index (χ1) is 16.9. The lowest BCUT2D eigenvalue weighted by Gasteiger charge is -2.08. The third-order valence-corrected chi connectivity index (χ3v) is 5.33. The van der Waals surface area contributed by atoms with Crippen molar-refractivity contribution in [2.45, 2.75) is 65.5 Å². The number of carbonyl (C=O) groups is 2. The molecule has 1 aliphatic rings. The van der Waals surface area contributed by atoms with E-state index in [0.717, 1.165) is 11.1 Å². The minimum atomic E-state index is -0.531. The molecule has 0 radical (unpaired) electrons. The molecule has 1 amide bonds. The number of alkyl carbamates (subject to hydrolysis) is 1. The number of nitrogens with one attached hydrogen (secondary N) is 1. The fourth-order valence-electron chi connectivity index (χ4n) is 3.54. The normalized spacial score (nSPS) is 12.3. The molecule has 4 rings (SSSR count). The highest BCUT2D eigenvalue weighted by Crippen LogP contribution is 2.25. The number of aromatic hydroxyl groups is 1. The van der Waals surface area contributed by atoms with Gasteiger partial charge in [0, 0.05) is 5.56 Å². The maximum absolute atomic E-state index is 12.0. The smallest absolute Gasteiger partial charge is 0.407 e. The fourth-order valence-corrected chi connectivity index (χ4v) is 3.54. The number of hydrogen-bond acceptors (Lipinski definition) is 7. The van der Waals surface area contributed by atoms with Crippen LogP contribution in [0.5, 0.6) is 5.75 Å². The van der Waals surface area contributed by atoms with Crippen molar-refractivity contribution in [2.24, 2.45) is 0 Å². The van der Waals surface area contributed by atoms with Crippen molar-refractivity contribution >= 4 is 12.6 Å². The number of aryl methyl sites for hydroxylation is 2. The maximum atomic E-state index is 12.0. The Morgan fingerprint density at radius 3 is 2.34 bits per heavy atom. The van der Waals surface area contributed by atoms with Crippen LogP contribution in [0.15, 0.2) is 47.1 Å². The SMILES string of the molecule is C1CCCCC1.Cc1cccc(COC(=O)NCc2c(C)noc2-c2ccc(O)cn2)c1.O=CO. The minimum absolute atomic E-state index is 0.0596. The molecule has 188 valence electrons. The molecule has 9 heteroatoms. The molecule has 0 spiro atoms. The average Bonchev–Trinajstić information content (AvgIpc) is 3.24. The van der Waals surface area contributed by atoms with Crippen molar-refractivity contribution < 1.29 is 29.1 Å². The average molecular weight is 484 g/mol. The molecule has 0 unspecified atom stereocenters. The number of pyridine rings is 1. The molecule has 0 saturated heterocycles. The van der Waals surface area contributed by atoms with Gasteiger partial charge in [-0.15, -0.1) is 0 Å². The molecule has 2 aromatic heterocycles. The Balaban J connectivity index is 0.000000406. The highest BCUT2D eigenvalue weighted by Gasteiger charge is 2.17. The van der Waals surface area contributed by atoms with E-state index >= 15 is 0 Å². The van der Waals surface area contributed by atoms with Gasteiger partial charge < -0.3 is 24.8 Å². The van der Waals surface area contributed by atoms with Gasteiger partial charge in [0.05, 0.1) is 18.4 Å². The van der Waals surface area contributed by atoms with Gasteiger partial charge in [-0.1, -0.05) is 73.5 Å². The molecule has 0 aliphatic heterocycles. The third-order valence-electron chi connectivity index (χ3n) is 5.33. The summed E-state index contributed by atoms with van der Waals surface area (Å²) in [6.07, 6.45) is 9.79. The summed E-state index contributed by atoms with van der Waals surface area (Å²) < 4.78 is 10.5. The van der Waals surface area contributed by atoms with Gasteiger partial charge in [0.1, 0.15) is 18.1 Å². The topological polar surface area (TPSA) is 135 Å². The number of rotatable bonds is 5. The molecular weight excluding hydrogens is 450 g/mol. The highest BCUT2D eigenvalue weighted by molar-refractivity contribution is 5.68. The number of aromatic nitrogens is 2. The maximum Gasteiger partial charge on any atom is 0.407 e. The Morgan fingerprint density at radius 2 is 1.77 bits per heavy atom. The summed E-state index contributed by atoms with van der Waals surface area (Å²) in [7, 11) is 0. The second-order valence-corrected chi connectivity index (χ2v) is 8.12. The van der Waals surface area contributed by atoms with Crippen LogP contribution in [0.3, 0.4) is 0 Å². The second kappa shape index (κ2) is 15.1. The van der Waals surface area contributed by atoms with Crippen LogP contribution in [0, 0.1) is 13.8 Å². The van der Waals surface area contributed by atoms with E-state index in [1.165, 1.54) is 50.8 Å². The molecule has 1 fully saturated rings. The number of carbonyl (C=O) groups excluding carboxylic acids is 1. The van der Waals surface area contributed by atoms with Gasteiger partial charge in [0.25, 0.3) is 6.47 Å². The van der Waals surface area contributed by atoms with Gasteiger partial charge in [-0.3, -0.25) is 4.79 Å². The number of benzene rings is 1. The number of hydrogen-bond donors (Lipinski definition) is 3. The molecule has 1 saturated carbocycles. The molecule has 2 heterocycles. The van der Waals surface area contributed by atoms with Crippen LogP contribution in [0.1, 0.15) is 60.9 Å². The van der Waals surface area contributed by atoms with Crippen LogP contribution in [-0.4, -0.2) is 32.9 Å². The van der Waals surface area contributed by atoms with Gasteiger partial charge in [-0.25, -0.2) is 9.78 Å². The zero-order chi connectivity index (χ0) is 25.5. The first-order valence-corrected chi connectivity index (χ1v) is 11.6. The van der Waals surface area contributed by atoms with Gasteiger partial charge in [-0.05, 0) is 31.5 Å². The lowest BCUT2D eigenvalue weighted by molar-refractivity contribution is -0.122. The molecule has 35 heavy (non-hydrogen) atoms. The van der Waals surface area contributed by atoms with Crippen LogP contribution in [-0.2, 0) is 22.7 Å². The molecule has 9 nitrogen and oxygen atoms in total. The minimum Gasteiger partial charge on any atom is -0.506 e. The zero-order valence-corrected chi connectivity index (χ0v) is 20.2. The predicted octanol–water partition coefficient (Wildman–Crippen LogP) is 5.53. The summed E-state index contributed by atoms with van der Waals surface area (Å²) in [5.41, 5.74) is 3.91. The van der Waals surface area contributed by atoms with Crippen molar-refractivity contribution in [2.75, 3.05) is 0 Å². The molecule has 1 aromatic carbocycles. The van der Waals surface area contributed by atoms with Crippen LogP contribution in [0.2, 0.25) is 0 Å². The monoisotopic (exact) mass is 483 g/mol. The summed E-state index contributed by atoms with van der Waals surface area (Å²) in [5, 5.41) is 22.9. The van der Waals surface area contributed by atoms with Crippen LogP contribution in [0.4, 0.5) is 4.79 Å². The first-order valence-electron chi connectivity index (χ1n) is 11.6. The zero-order valence-electron chi connectivity index (χ0n) is 20.2. The lowest BCUT2D eigenvalue weighted by atomic mass is 10.0. The number of carboxylic acid groups (broad SMARTS) is 1. The van der Waals surface area contributed by atoms with E-state index in [1.54, 1.807) is 13.0 Å². The van der Waals surface area contributed by atoms with Crippen LogP contribution >= 0.6 is 0 Å². The van der Waals surface area contributed by atoms with E-state index in [4.69, 9.17) is 19.2 Å². The quantitative estimate of drug-likeness (QED) is 0.403. The summed E-state index contributed by atoms with van der Waals surface area (Å²) in [6.45, 7) is 3.90. The number of amides is 1. The van der Waals surface area contributed by atoms with Gasteiger partial charge in [0.2, 0.25) is 0 Å². The summed E-state index contributed by atoms with van der Waals surface area (Å²) in [6, 6.07) is 10.9. The Hall–Kier alpha value is -3.88. The van der Waals surface area contributed by atoms with Crippen LogP contribution < -0.4 is 5.32 Å². The van der Waals surface area contributed by atoms with E-state index in [1.807, 2.05) is 31.2 Å². The molecule has 3 N–H and O–H groups in total. The number of nitrogens with zero attached hydrogens (tertiary/aromatic N) is 2. The fraction of sp³-hybridized carbons (Fsp3) is 0.385. The molecular formula is C26H33N3O6. The van der Waals surface area contributed by atoms with Gasteiger partial charge >= 0.3 is 6.09 Å².